The van der Waals surface area contributed by atoms with E-state index in [9.17, 15) is 4.79 Å². The third-order valence-electron chi connectivity index (χ3n) is 4.95. The summed E-state index contributed by atoms with van der Waals surface area (Å²) < 4.78 is 0. The van der Waals surface area contributed by atoms with Crippen LogP contribution in [0.5, 0.6) is 0 Å². The molecule has 0 heterocycles. The summed E-state index contributed by atoms with van der Waals surface area (Å²) in [6, 6.07) is 11.1. The van der Waals surface area contributed by atoms with Gasteiger partial charge in [-0.2, -0.15) is 0 Å². The number of thioether (sulfide) groups is 2. The Morgan fingerprint density at radius 1 is 0.964 bits per heavy atom. The summed E-state index contributed by atoms with van der Waals surface area (Å²) in [6.45, 7) is 14.3. The van der Waals surface area contributed by atoms with Gasteiger partial charge in [-0.05, 0) is 58.0 Å². The summed E-state index contributed by atoms with van der Waals surface area (Å²) in [5.41, 5.74) is 0. The van der Waals surface area contributed by atoms with Crippen LogP contribution in [0.3, 0.4) is 0 Å². The van der Waals surface area contributed by atoms with E-state index in [1.165, 1.54) is 23.1 Å². The molecule has 0 bridgehead atoms. The summed E-state index contributed by atoms with van der Waals surface area (Å²) in [6.07, 6.45) is 4.00. The molecule has 0 saturated heterocycles. The minimum atomic E-state index is 0.356. The van der Waals surface area contributed by atoms with Crippen LogP contribution in [0.15, 0.2) is 35.2 Å². The van der Waals surface area contributed by atoms with Gasteiger partial charge in [0.05, 0.1) is 0 Å². The fraction of sp³-hybridized carbons (Fsp3) is 0.696. The first-order chi connectivity index (χ1) is 13.6. The standard InChI is InChI=1S/C23H40N2OS2/c1-5-15-24(7-3)17-19-28-23(26)14-13-21(4)25(16-6-2)18-20-27-22-11-9-8-10-12-22/h8-12,21H,5-7,13-20H2,1-4H3. The van der Waals surface area contributed by atoms with Crippen molar-refractivity contribution in [2.24, 2.45) is 0 Å². The second kappa shape index (κ2) is 16.3. The molecule has 0 N–H and O–H groups in total. The van der Waals surface area contributed by atoms with Crippen LogP contribution in [0.4, 0.5) is 0 Å². The van der Waals surface area contributed by atoms with E-state index in [1.807, 2.05) is 11.8 Å². The van der Waals surface area contributed by atoms with Gasteiger partial charge < -0.3 is 4.90 Å². The minimum absolute atomic E-state index is 0.356. The van der Waals surface area contributed by atoms with Crippen LogP contribution in [-0.2, 0) is 4.79 Å². The number of carbonyl (C=O) groups is 1. The molecule has 0 amide bonds. The first-order valence-corrected chi connectivity index (χ1v) is 12.9. The highest BCUT2D eigenvalue weighted by Crippen LogP contribution is 2.19. The highest BCUT2D eigenvalue weighted by molar-refractivity contribution is 8.13. The van der Waals surface area contributed by atoms with Crippen LogP contribution in [-0.4, -0.2) is 65.2 Å². The Kier molecular flexibility index (Phi) is 14.9. The van der Waals surface area contributed by atoms with E-state index < -0.39 is 0 Å². The Balaban J connectivity index is 2.28. The lowest BCUT2D eigenvalue weighted by Crippen LogP contribution is -2.36. The second-order valence-electron chi connectivity index (χ2n) is 7.24. The highest BCUT2D eigenvalue weighted by atomic mass is 32.2. The Bertz CT molecular complexity index is 513. The molecule has 160 valence electrons. The fourth-order valence-corrected chi connectivity index (χ4v) is 5.00. The van der Waals surface area contributed by atoms with Crippen molar-refractivity contribution < 1.29 is 4.79 Å². The van der Waals surface area contributed by atoms with Gasteiger partial charge in [0.15, 0.2) is 5.12 Å². The largest absolute Gasteiger partial charge is 0.303 e. The first-order valence-electron chi connectivity index (χ1n) is 10.9. The van der Waals surface area contributed by atoms with Gasteiger partial charge in [-0.15, -0.1) is 11.8 Å². The molecule has 0 aliphatic rings. The normalized spacial score (nSPS) is 12.6. The van der Waals surface area contributed by atoms with Gasteiger partial charge in [0.2, 0.25) is 0 Å². The molecule has 0 aliphatic heterocycles. The fourth-order valence-electron chi connectivity index (χ4n) is 3.25. The molecule has 1 aromatic rings. The number of nitrogens with zero attached hydrogens (tertiary/aromatic N) is 2. The lowest BCUT2D eigenvalue weighted by atomic mass is 10.1. The smallest absolute Gasteiger partial charge is 0.189 e. The molecule has 1 rings (SSSR count). The van der Waals surface area contributed by atoms with E-state index in [4.69, 9.17) is 0 Å². The number of hydrogen-bond donors (Lipinski definition) is 0. The average Bonchev–Trinajstić information content (AvgIpc) is 2.71. The third kappa shape index (κ3) is 11.5. The van der Waals surface area contributed by atoms with Gasteiger partial charge in [-0.3, -0.25) is 9.69 Å². The Morgan fingerprint density at radius 2 is 1.68 bits per heavy atom. The topological polar surface area (TPSA) is 23.6 Å². The molecule has 5 heteroatoms. The Morgan fingerprint density at radius 3 is 2.32 bits per heavy atom. The lowest BCUT2D eigenvalue weighted by molar-refractivity contribution is -0.111. The van der Waals surface area contributed by atoms with Crippen molar-refractivity contribution in [1.82, 2.24) is 9.80 Å². The molecule has 3 nitrogen and oxygen atoms in total. The molecule has 0 aliphatic carbocycles. The number of carbonyl (C=O) groups excluding carboxylic acids is 1. The number of hydrogen-bond acceptors (Lipinski definition) is 5. The summed E-state index contributed by atoms with van der Waals surface area (Å²) in [5.74, 6) is 2.02. The van der Waals surface area contributed by atoms with Crippen molar-refractivity contribution in [3.8, 4) is 0 Å². The molecular formula is C23H40N2OS2. The number of benzene rings is 1. The average molecular weight is 425 g/mol. The van der Waals surface area contributed by atoms with Crippen molar-refractivity contribution in [2.75, 3.05) is 44.2 Å². The molecule has 0 radical (unpaired) electrons. The zero-order valence-electron chi connectivity index (χ0n) is 18.4. The van der Waals surface area contributed by atoms with Crippen molar-refractivity contribution in [3.05, 3.63) is 30.3 Å². The van der Waals surface area contributed by atoms with Crippen LogP contribution < -0.4 is 0 Å². The summed E-state index contributed by atoms with van der Waals surface area (Å²) in [7, 11) is 0. The van der Waals surface area contributed by atoms with Crippen molar-refractivity contribution in [3.63, 3.8) is 0 Å². The summed E-state index contributed by atoms with van der Waals surface area (Å²) in [4.78, 5) is 18.6. The number of rotatable bonds is 16. The predicted molar refractivity (Wildman–Crippen MR) is 128 cm³/mol. The van der Waals surface area contributed by atoms with Gasteiger partial charge >= 0.3 is 0 Å². The quantitative estimate of drug-likeness (QED) is 0.319. The van der Waals surface area contributed by atoms with Gasteiger partial charge in [-0.1, -0.05) is 50.7 Å². The molecule has 0 fully saturated rings. The van der Waals surface area contributed by atoms with Gasteiger partial charge in [0.1, 0.15) is 0 Å². The van der Waals surface area contributed by atoms with E-state index in [1.54, 1.807) is 0 Å². The zero-order valence-corrected chi connectivity index (χ0v) is 20.0. The van der Waals surface area contributed by atoms with E-state index in [0.717, 1.165) is 57.1 Å². The van der Waals surface area contributed by atoms with E-state index in [2.05, 4.69) is 67.8 Å². The van der Waals surface area contributed by atoms with Crippen molar-refractivity contribution in [1.29, 1.82) is 0 Å². The Labute approximate surface area is 182 Å². The van der Waals surface area contributed by atoms with Gasteiger partial charge in [0.25, 0.3) is 0 Å². The second-order valence-corrected chi connectivity index (χ2v) is 9.56. The molecule has 1 unspecified atom stereocenters. The van der Waals surface area contributed by atoms with Crippen LogP contribution in [0.25, 0.3) is 0 Å². The molecule has 28 heavy (non-hydrogen) atoms. The van der Waals surface area contributed by atoms with Gasteiger partial charge in [0, 0.05) is 42.0 Å². The maximum Gasteiger partial charge on any atom is 0.189 e. The molecular weight excluding hydrogens is 384 g/mol. The lowest BCUT2D eigenvalue weighted by Gasteiger charge is -2.28. The van der Waals surface area contributed by atoms with Crippen LogP contribution in [0.1, 0.15) is 53.4 Å². The SMILES string of the molecule is CCCN(CC)CCSC(=O)CCC(C)N(CCC)CCSc1ccccc1. The first kappa shape index (κ1) is 25.5. The minimum Gasteiger partial charge on any atom is -0.303 e. The predicted octanol–water partition coefficient (Wildman–Crippen LogP) is 5.65. The maximum absolute atomic E-state index is 12.3. The molecule has 1 atom stereocenters. The molecule has 0 spiro atoms. The molecule has 1 aromatic carbocycles. The van der Waals surface area contributed by atoms with Crippen LogP contribution in [0, 0.1) is 0 Å². The summed E-state index contributed by atoms with van der Waals surface area (Å²) in [5, 5.41) is 0.356. The van der Waals surface area contributed by atoms with Crippen molar-refractivity contribution in [2.45, 2.75) is 64.3 Å². The van der Waals surface area contributed by atoms with E-state index >= 15 is 0 Å². The van der Waals surface area contributed by atoms with Crippen LogP contribution >= 0.6 is 23.5 Å². The Hall–Kier alpha value is -0.490. The third-order valence-corrected chi connectivity index (χ3v) is 6.85. The summed E-state index contributed by atoms with van der Waals surface area (Å²) >= 11 is 3.44. The van der Waals surface area contributed by atoms with E-state index in [-0.39, 0.29) is 0 Å². The van der Waals surface area contributed by atoms with Crippen LogP contribution in [0.2, 0.25) is 0 Å². The molecule has 0 aromatic heterocycles. The molecule has 0 saturated carbocycles. The monoisotopic (exact) mass is 424 g/mol. The highest BCUT2D eigenvalue weighted by Gasteiger charge is 2.15. The van der Waals surface area contributed by atoms with Crippen molar-refractivity contribution >= 4 is 28.6 Å². The maximum atomic E-state index is 12.3. The zero-order chi connectivity index (χ0) is 20.6. The van der Waals surface area contributed by atoms with Gasteiger partial charge in [-0.25, -0.2) is 0 Å². The van der Waals surface area contributed by atoms with E-state index in [0.29, 0.717) is 17.6 Å².